The van der Waals surface area contributed by atoms with E-state index >= 15 is 0 Å². The number of aromatic amines is 1. The zero-order chi connectivity index (χ0) is 15.6. The van der Waals surface area contributed by atoms with Gasteiger partial charge in [0.1, 0.15) is 10.7 Å². The first kappa shape index (κ1) is 15.4. The third-order valence-electron chi connectivity index (χ3n) is 2.44. The maximum absolute atomic E-state index is 12.3. The minimum absolute atomic E-state index is 0.00300. The van der Waals surface area contributed by atoms with Crippen molar-refractivity contribution in [3.05, 3.63) is 40.0 Å². The number of sulfonamides is 1. The Balaban J connectivity index is 2.43. The number of nitrogens with zero attached hydrogens (tertiary/aromatic N) is 2. The predicted molar refractivity (Wildman–Crippen MR) is 78.4 cm³/mol. The molecule has 0 atom stereocenters. The highest BCUT2D eigenvalue weighted by Crippen LogP contribution is 2.27. The quantitative estimate of drug-likeness (QED) is 0.288. The molecule has 21 heavy (non-hydrogen) atoms. The summed E-state index contributed by atoms with van der Waals surface area (Å²) < 4.78 is 26.8. The van der Waals surface area contributed by atoms with Crippen LogP contribution >= 0.6 is 23.2 Å². The maximum atomic E-state index is 12.3. The van der Waals surface area contributed by atoms with E-state index in [1.807, 2.05) is 0 Å². The number of nitrogens with two attached hydrogens (primary N) is 1. The molecule has 1 aromatic carbocycles. The van der Waals surface area contributed by atoms with Crippen molar-refractivity contribution in [2.24, 2.45) is 10.9 Å². The first-order valence-corrected chi connectivity index (χ1v) is 7.58. The number of rotatable bonds is 4. The lowest BCUT2D eigenvalue weighted by Gasteiger charge is -2.09. The number of hydrogen-bond acceptors (Lipinski definition) is 5. The van der Waals surface area contributed by atoms with Crippen LogP contribution in [-0.2, 0) is 10.0 Å². The van der Waals surface area contributed by atoms with E-state index in [-0.39, 0.29) is 32.2 Å². The van der Waals surface area contributed by atoms with Gasteiger partial charge in [0.25, 0.3) is 10.0 Å². The van der Waals surface area contributed by atoms with Gasteiger partial charge in [0.2, 0.25) is 0 Å². The van der Waals surface area contributed by atoms with Crippen molar-refractivity contribution in [2.45, 2.75) is 4.90 Å². The second-order valence-electron chi connectivity index (χ2n) is 3.82. The van der Waals surface area contributed by atoms with Gasteiger partial charge in [0.15, 0.2) is 5.84 Å². The Morgan fingerprint density at radius 3 is 2.81 bits per heavy atom. The number of oxime groups is 1. The molecular weight excluding hydrogens is 341 g/mol. The third-order valence-corrected chi connectivity index (χ3v) is 4.51. The van der Waals surface area contributed by atoms with Crippen LogP contribution < -0.4 is 10.5 Å². The SMILES string of the molecule is NC(=NO)c1cn[nH]c1NS(=O)(=O)c1cc(Cl)ccc1Cl. The van der Waals surface area contributed by atoms with Gasteiger partial charge in [0, 0.05) is 5.02 Å². The van der Waals surface area contributed by atoms with Crippen molar-refractivity contribution in [3.8, 4) is 0 Å². The van der Waals surface area contributed by atoms with E-state index < -0.39 is 10.0 Å². The van der Waals surface area contributed by atoms with E-state index in [1.54, 1.807) is 0 Å². The molecule has 2 aromatic rings. The van der Waals surface area contributed by atoms with Gasteiger partial charge in [-0.2, -0.15) is 5.10 Å². The molecule has 0 spiro atoms. The molecule has 0 unspecified atom stereocenters. The summed E-state index contributed by atoms with van der Waals surface area (Å²) in [6, 6.07) is 4.02. The van der Waals surface area contributed by atoms with E-state index in [4.69, 9.17) is 34.1 Å². The van der Waals surface area contributed by atoms with Gasteiger partial charge in [-0.3, -0.25) is 9.82 Å². The molecule has 1 aromatic heterocycles. The molecule has 0 saturated heterocycles. The van der Waals surface area contributed by atoms with Crippen LogP contribution in [0.15, 0.2) is 34.4 Å². The number of H-pyrrole nitrogens is 1. The molecular formula is C10H9Cl2N5O3S. The van der Waals surface area contributed by atoms with Gasteiger partial charge in [-0.15, -0.1) is 0 Å². The minimum atomic E-state index is -4.03. The lowest BCUT2D eigenvalue weighted by molar-refractivity contribution is 0.318. The molecule has 0 aliphatic heterocycles. The average molecular weight is 350 g/mol. The topological polar surface area (TPSA) is 133 Å². The van der Waals surface area contributed by atoms with E-state index in [0.29, 0.717) is 0 Å². The summed E-state index contributed by atoms with van der Waals surface area (Å²) in [5.74, 6) is -0.375. The molecule has 8 nitrogen and oxygen atoms in total. The minimum Gasteiger partial charge on any atom is -0.409 e. The fourth-order valence-electron chi connectivity index (χ4n) is 1.48. The normalized spacial score (nSPS) is 12.4. The van der Waals surface area contributed by atoms with Gasteiger partial charge in [0.05, 0.1) is 16.8 Å². The first-order chi connectivity index (χ1) is 9.85. The van der Waals surface area contributed by atoms with Gasteiger partial charge in [-0.25, -0.2) is 8.42 Å². The van der Waals surface area contributed by atoms with Crippen molar-refractivity contribution in [1.82, 2.24) is 10.2 Å². The average Bonchev–Trinajstić information content (AvgIpc) is 2.87. The molecule has 0 aliphatic rings. The van der Waals surface area contributed by atoms with Crippen LogP contribution in [0.3, 0.4) is 0 Å². The van der Waals surface area contributed by atoms with Crippen molar-refractivity contribution >= 4 is 44.9 Å². The van der Waals surface area contributed by atoms with E-state index in [2.05, 4.69) is 20.1 Å². The molecule has 0 radical (unpaired) electrons. The largest absolute Gasteiger partial charge is 0.409 e. The first-order valence-electron chi connectivity index (χ1n) is 5.34. The number of aromatic nitrogens is 2. The van der Waals surface area contributed by atoms with Crippen molar-refractivity contribution in [2.75, 3.05) is 4.72 Å². The lowest BCUT2D eigenvalue weighted by atomic mass is 10.3. The molecule has 0 bridgehead atoms. The zero-order valence-corrected chi connectivity index (χ0v) is 12.5. The number of anilines is 1. The summed E-state index contributed by atoms with van der Waals surface area (Å²) in [5.41, 5.74) is 5.49. The molecule has 0 fully saturated rings. The van der Waals surface area contributed by atoms with Crippen molar-refractivity contribution in [3.63, 3.8) is 0 Å². The van der Waals surface area contributed by atoms with Crippen molar-refractivity contribution < 1.29 is 13.6 Å². The molecule has 1 heterocycles. The van der Waals surface area contributed by atoms with Gasteiger partial charge >= 0.3 is 0 Å². The Morgan fingerprint density at radius 2 is 2.14 bits per heavy atom. The van der Waals surface area contributed by atoms with Gasteiger partial charge < -0.3 is 10.9 Å². The molecule has 0 saturated carbocycles. The van der Waals surface area contributed by atoms with Crippen molar-refractivity contribution in [1.29, 1.82) is 0 Å². The van der Waals surface area contributed by atoms with Crippen LogP contribution in [0, 0.1) is 0 Å². The second kappa shape index (κ2) is 5.80. The third kappa shape index (κ3) is 3.20. The number of amidine groups is 1. The summed E-state index contributed by atoms with van der Waals surface area (Å²) in [6.45, 7) is 0. The van der Waals surface area contributed by atoms with Crippen LogP contribution in [0.1, 0.15) is 5.56 Å². The highest BCUT2D eigenvalue weighted by molar-refractivity contribution is 7.92. The maximum Gasteiger partial charge on any atom is 0.264 e. The van der Waals surface area contributed by atoms with E-state index in [1.165, 1.54) is 24.4 Å². The Morgan fingerprint density at radius 1 is 1.43 bits per heavy atom. The van der Waals surface area contributed by atoms with Gasteiger partial charge in [-0.05, 0) is 18.2 Å². The molecule has 0 amide bonds. The van der Waals surface area contributed by atoms with Crippen LogP contribution in [0.4, 0.5) is 5.82 Å². The summed E-state index contributed by atoms with van der Waals surface area (Å²) in [5, 5.41) is 17.6. The zero-order valence-electron chi connectivity index (χ0n) is 10.2. The van der Waals surface area contributed by atoms with Crippen LogP contribution in [0.2, 0.25) is 10.0 Å². The standard InChI is InChI=1S/C10H9Cl2N5O3S/c11-5-1-2-7(12)8(3-5)21(19,20)17-10-6(4-14-15-10)9(13)16-18/h1-4,18H,(H2,13,16)(H2,14,15,17). The highest BCUT2D eigenvalue weighted by Gasteiger charge is 2.21. The fraction of sp³-hybridized carbons (Fsp3) is 0. The Bertz CT molecular complexity index is 803. The number of hydrogen-bond donors (Lipinski definition) is 4. The summed E-state index contributed by atoms with van der Waals surface area (Å²) in [6.07, 6.45) is 1.20. The summed E-state index contributed by atoms with van der Waals surface area (Å²) >= 11 is 11.6. The molecule has 5 N–H and O–H groups in total. The fourth-order valence-corrected chi connectivity index (χ4v) is 3.28. The van der Waals surface area contributed by atoms with Crippen LogP contribution in [0.5, 0.6) is 0 Å². The van der Waals surface area contributed by atoms with Crippen LogP contribution in [0.25, 0.3) is 0 Å². The number of benzene rings is 1. The van der Waals surface area contributed by atoms with Gasteiger partial charge in [-0.1, -0.05) is 28.4 Å². The lowest BCUT2D eigenvalue weighted by Crippen LogP contribution is -2.19. The number of nitrogens with one attached hydrogen (secondary N) is 2. The summed E-state index contributed by atoms with van der Waals surface area (Å²) in [7, 11) is -4.03. The molecule has 2 rings (SSSR count). The Kier molecular flexibility index (Phi) is 4.26. The Hall–Kier alpha value is -1.97. The van der Waals surface area contributed by atoms with E-state index in [9.17, 15) is 8.42 Å². The predicted octanol–water partition coefficient (Wildman–Crippen LogP) is 1.61. The smallest absolute Gasteiger partial charge is 0.264 e. The molecule has 0 aliphatic carbocycles. The second-order valence-corrected chi connectivity index (χ2v) is 6.32. The van der Waals surface area contributed by atoms with E-state index in [0.717, 1.165) is 0 Å². The number of halogens is 2. The molecule has 112 valence electrons. The molecule has 11 heteroatoms. The highest BCUT2D eigenvalue weighted by atomic mass is 35.5. The monoisotopic (exact) mass is 349 g/mol. The Labute approximate surface area is 129 Å². The van der Waals surface area contributed by atoms with Crippen LogP contribution in [-0.4, -0.2) is 29.7 Å². The summed E-state index contributed by atoms with van der Waals surface area (Å²) in [4.78, 5) is -0.211.